The molecule has 6 nitrogen and oxygen atoms in total. The summed E-state index contributed by atoms with van der Waals surface area (Å²) in [7, 11) is -3.29. The lowest BCUT2D eigenvalue weighted by atomic mass is 9.99. The molecule has 5 rings (SSSR count). The molecule has 0 radical (unpaired) electrons. The summed E-state index contributed by atoms with van der Waals surface area (Å²) in [6, 6.07) is 13.7. The number of hydrogen-bond donors (Lipinski definition) is 2. The molecule has 0 unspecified atom stereocenters. The van der Waals surface area contributed by atoms with Crippen LogP contribution in [0.15, 0.2) is 48.7 Å². The maximum absolute atomic E-state index is 11.4. The number of aromatic nitrogens is 2. The van der Waals surface area contributed by atoms with Gasteiger partial charge in [-0.3, -0.25) is 9.71 Å². The molecule has 1 aliphatic heterocycles. The molecule has 2 N–H and O–H groups in total. The van der Waals surface area contributed by atoms with Crippen LogP contribution in [0.5, 0.6) is 0 Å². The highest BCUT2D eigenvalue weighted by molar-refractivity contribution is 7.92. The van der Waals surface area contributed by atoms with E-state index in [2.05, 4.69) is 44.7 Å². The Hall–Kier alpha value is -3.06. The van der Waals surface area contributed by atoms with Gasteiger partial charge in [0.1, 0.15) is 0 Å². The molecule has 7 heteroatoms. The van der Waals surface area contributed by atoms with E-state index in [0.717, 1.165) is 40.9 Å². The van der Waals surface area contributed by atoms with Gasteiger partial charge in [0.25, 0.3) is 0 Å². The number of aryl methyl sites for hydroxylation is 1. The fraction of sp³-hybridized carbons (Fsp3) is 0.150. The lowest BCUT2D eigenvalue weighted by Crippen LogP contribution is -2.20. The first kappa shape index (κ1) is 16.1. The van der Waals surface area contributed by atoms with Crippen LogP contribution in [-0.2, 0) is 16.6 Å². The fourth-order valence-corrected chi connectivity index (χ4v) is 4.44. The van der Waals surface area contributed by atoms with Crippen LogP contribution in [0.4, 0.5) is 17.1 Å². The van der Waals surface area contributed by atoms with Gasteiger partial charge in [-0.15, -0.1) is 0 Å². The second kappa shape index (κ2) is 5.47. The van der Waals surface area contributed by atoms with E-state index in [-0.39, 0.29) is 0 Å². The SMILES string of the molecule is Cc1cc2c3c(ccc4ncc(c43)CN2c2ccc(NS(C)(=O)=O)cc2)[nH]1. The molecule has 27 heavy (non-hydrogen) atoms. The van der Waals surface area contributed by atoms with Crippen molar-refractivity contribution >= 4 is 48.9 Å². The van der Waals surface area contributed by atoms with E-state index in [1.165, 1.54) is 16.3 Å². The van der Waals surface area contributed by atoms with Gasteiger partial charge in [0, 0.05) is 45.1 Å². The van der Waals surface area contributed by atoms with Gasteiger partial charge >= 0.3 is 0 Å². The summed E-state index contributed by atoms with van der Waals surface area (Å²) in [6.07, 6.45) is 3.09. The van der Waals surface area contributed by atoms with E-state index in [0.29, 0.717) is 5.69 Å². The molecule has 0 bridgehead atoms. The summed E-state index contributed by atoms with van der Waals surface area (Å²) in [5.74, 6) is 0. The third kappa shape index (κ3) is 2.62. The monoisotopic (exact) mass is 378 g/mol. The van der Waals surface area contributed by atoms with Gasteiger partial charge in [-0.2, -0.15) is 0 Å². The smallest absolute Gasteiger partial charge is 0.229 e. The van der Waals surface area contributed by atoms with Gasteiger partial charge in [0.05, 0.1) is 24.0 Å². The van der Waals surface area contributed by atoms with Crippen molar-refractivity contribution in [2.45, 2.75) is 13.5 Å². The van der Waals surface area contributed by atoms with Crippen molar-refractivity contribution in [1.29, 1.82) is 0 Å². The summed E-state index contributed by atoms with van der Waals surface area (Å²) in [6.45, 7) is 2.78. The Morgan fingerprint density at radius 1 is 1.11 bits per heavy atom. The second-order valence-electron chi connectivity index (χ2n) is 7.01. The van der Waals surface area contributed by atoms with Crippen LogP contribution in [0, 0.1) is 6.92 Å². The lowest BCUT2D eigenvalue weighted by Gasteiger charge is -2.30. The number of aromatic amines is 1. The van der Waals surface area contributed by atoms with E-state index in [1.807, 2.05) is 18.3 Å². The zero-order valence-corrected chi connectivity index (χ0v) is 15.8. The molecule has 0 saturated carbocycles. The Morgan fingerprint density at radius 3 is 2.63 bits per heavy atom. The van der Waals surface area contributed by atoms with Gasteiger partial charge in [0.2, 0.25) is 10.0 Å². The Labute approximate surface area is 156 Å². The standard InChI is InChI=1S/C20H18N4O2S/c1-12-9-18-20-17(22-12)8-7-16-19(20)13(10-21-16)11-24(18)15-5-3-14(4-6-15)23-27(2,25)26/h3-10,22-23H,11H2,1-2H3. The fourth-order valence-electron chi connectivity index (χ4n) is 3.87. The van der Waals surface area contributed by atoms with Crippen LogP contribution in [0.3, 0.4) is 0 Å². The number of hydrogen-bond acceptors (Lipinski definition) is 4. The Morgan fingerprint density at radius 2 is 1.89 bits per heavy atom. The zero-order chi connectivity index (χ0) is 18.8. The normalized spacial score (nSPS) is 13.6. The molecule has 136 valence electrons. The number of anilines is 3. The summed E-state index contributed by atoms with van der Waals surface area (Å²) in [5.41, 5.74) is 7.08. The number of nitrogens with zero attached hydrogens (tertiary/aromatic N) is 2. The van der Waals surface area contributed by atoms with Crippen molar-refractivity contribution < 1.29 is 8.42 Å². The second-order valence-corrected chi connectivity index (χ2v) is 8.76. The van der Waals surface area contributed by atoms with Crippen molar-refractivity contribution in [3.8, 4) is 0 Å². The van der Waals surface area contributed by atoms with Gasteiger partial charge in [0.15, 0.2) is 0 Å². The van der Waals surface area contributed by atoms with Crippen molar-refractivity contribution in [3.63, 3.8) is 0 Å². The highest BCUT2D eigenvalue weighted by Gasteiger charge is 2.24. The molecule has 2 aromatic heterocycles. The number of H-pyrrole nitrogens is 1. The molecular formula is C20H18N4O2S. The molecule has 2 aromatic carbocycles. The molecule has 0 amide bonds. The molecule has 0 saturated heterocycles. The van der Waals surface area contributed by atoms with Crippen LogP contribution in [0.25, 0.3) is 21.8 Å². The molecule has 0 atom stereocenters. The Bertz CT molecular complexity index is 1310. The molecular weight excluding hydrogens is 360 g/mol. The number of rotatable bonds is 3. The number of pyridine rings is 1. The zero-order valence-electron chi connectivity index (χ0n) is 14.9. The van der Waals surface area contributed by atoms with Crippen LogP contribution in [0.1, 0.15) is 11.3 Å². The van der Waals surface area contributed by atoms with E-state index < -0.39 is 10.0 Å². The summed E-state index contributed by atoms with van der Waals surface area (Å²) >= 11 is 0. The maximum atomic E-state index is 11.4. The first-order valence-corrected chi connectivity index (χ1v) is 10.5. The quantitative estimate of drug-likeness (QED) is 0.564. The van der Waals surface area contributed by atoms with Crippen LogP contribution >= 0.6 is 0 Å². The summed E-state index contributed by atoms with van der Waals surface area (Å²) < 4.78 is 25.4. The van der Waals surface area contributed by atoms with Crippen molar-refractivity contribution in [3.05, 3.63) is 59.9 Å². The highest BCUT2D eigenvalue weighted by Crippen LogP contribution is 2.43. The van der Waals surface area contributed by atoms with E-state index >= 15 is 0 Å². The van der Waals surface area contributed by atoms with Gasteiger partial charge in [-0.25, -0.2) is 8.42 Å². The van der Waals surface area contributed by atoms with Crippen molar-refractivity contribution in [1.82, 2.24) is 9.97 Å². The molecule has 3 heterocycles. The third-order valence-corrected chi connectivity index (χ3v) is 5.51. The van der Waals surface area contributed by atoms with E-state index in [4.69, 9.17) is 0 Å². The number of benzene rings is 2. The molecule has 0 spiro atoms. The largest absolute Gasteiger partial charge is 0.359 e. The topological polar surface area (TPSA) is 78.1 Å². The first-order valence-electron chi connectivity index (χ1n) is 8.64. The number of nitrogens with one attached hydrogen (secondary N) is 2. The summed E-state index contributed by atoms with van der Waals surface area (Å²) in [5, 5.41) is 2.39. The molecule has 0 aliphatic carbocycles. The minimum Gasteiger partial charge on any atom is -0.359 e. The van der Waals surface area contributed by atoms with E-state index in [1.54, 1.807) is 12.1 Å². The first-order chi connectivity index (χ1) is 12.9. The lowest BCUT2D eigenvalue weighted by molar-refractivity contribution is 0.607. The third-order valence-electron chi connectivity index (χ3n) is 4.91. The van der Waals surface area contributed by atoms with Crippen molar-refractivity contribution in [2.75, 3.05) is 15.9 Å². The average Bonchev–Trinajstić information content (AvgIpc) is 3.02. The minimum absolute atomic E-state index is 0.554. The van der Waals surface area contributed by atoms with Crippen LogP contribution in [-0.4, -0.2) is 24.6 Å². The summed E-state index contributed by atoms with van der Waals surface area (Å²) in [4.78, 5) is 10.3. The van der Waals surface area contributed by atoms with Gasteiger partial charge in [-0.05, 0) is 49.4 Å². The Balaban J connectivity index is 1.67. The highest BCUT2D eigenvalue weighted by atomic mass is 32.2. The van der Waals surface area contributed by atoms with Gasteiger partial charge < -0.3 is 9.88 Å². The van der Waals surface area contributed by atoms with E-state index in [9.17, 15) is 8.42 Å². The van der Waals surface area contributed by atoms with Gasteiger partial charge in [-0.1, -0.05) is 0 Å². The van der Waals surface area contributed by atoms with Crippen LogP contribution in [0.2, 0.25) is 0 Å². The Kier molecular flexibility index (Phi) is 3.27. The number of sulfonamides is 1. The molecule has 4 aromatic rings. The van der Waals surface area contributed by atoms with Crippen molar-refractivity contribution in [2.24, 2.45) is 0 Å². The maximum Gasteiger partial charge on any atom is 0.229 e. The molecule has 0 fully saturated rings. The van der Waals surface area contributed by atoms with Crippen LogP contribution < -0.4 is 9.62 Å². The minimum atomic E-state index is -3.29. The molecule has 1 aliphatic rings. The predicted molar refractivity (Wildman–Crippen MR) is 109 cm³/mol. The average molecular weight is 378 g/mol. The predicted octanol–water partition coefficient (Wildman–Crippen LogP) is 4.05.